The maximum Gasteiger partial charge on any atom is 0.264 e. The Kier molecular flexibility index (Phi) is 7.89. The summed E-state index contributed by atoms with van der Waals surface area (Å²) in [7, 11) is 1.17. The molecule has 0 spiro atoms. The SMILES string of the molecule is COc1ccc(Cl)cc1N(CC(=O)NCCN(C)C)S(=O)(=O)c1ccc(C)cc1. The third-order valence-corrected chi connectivity index (χ3v) is 6.20. The minimum atomic E-state index is -4.03. The number of carbonyl (C=O) groups is 1. The number of amides is 1. The third-order valence-electron chi connectivity index (χ3n) is 4.19. The van der Waals surface area contributed by atoms with Crippen LogP contribution in [0, 0.1) is 6.92 Å². The van der Waals surface area contributed by atoms with Gasteiger partial charge in [-0.15, -0.1) is 0 Å². The molecule has 2 aromatic rings. The van der Waals surface area contributed by atoms with Gasteiger partial charge >= 0.3 is 0 Å². The molecule has 9 heteroatoms. The molecule has 0 unspecified atom stereocenters. The number of carbonyl (C=O) groups excluding carboxylic acids is 1. The molecule has 0 heterocycles. The number of nitrogens with one attached hydrogen (secondary N) is 1. The molecule has 0 saturated carbocycles. The summed E-state index contributed by atoms with van der Waals surface area (Å²) in [5.74, 6) is -0.129. The number of nitrogens with zero attached hydrogens (tertiary/aromatic N) is 2. The molecule has 1 amide bonds. The number of likely N-dealkylation sites (N-methyl/N-ethyl adjacent to an activating group) is 1. The summed E-state index contributed by atoms with van der Waals surface area (Å²) < 4.78 is 33.1. The van der Waals surface area contributed by atoms with Crippen molar-refractivity contribution in [3.63, 3.8) is 0 Å². The average Bonchev–Trinajstić information content (AvgIpc) is 2.66. The standard InChI is InChI=1S/C20H26ClN3O4S/c1-15-5-8-17(9-6-15)29(26,27)24(14-20(25)22-11-12-23(2)3)18-13-16(21)7-10-19(18)28-4/h5-10,13H,11-12,14H2,1-4H3,(H,22,25). The van der Waals surface area contributed by atoms with E-state index in [0.29, 0.717) is 23.9 Å². The number of benzene rings is 2. The number of methoxy groups -OCH3 is 1. The Morgan fingerprint density at radius 2 is 1.79 bits per heavy atom. The molecule has 29 heavy (non-hydrogen) atoms. The molecule has 0 atom stereocenters. The van der Waals surface area contributed by atoms with Gasteiger partial charge in [-0.1, -0.05) is 29.3 Å². The Hall–Kier alpha value is -2.29. The molecule has 2 rings (SSSR count). The van der Waals surface area contributed by atoms with Crippen LogP contribution in [0.3, 0.4) is 0 Å². The zero-order chi connectivity index (χ0) is 21.6. The number of rotatable bonds is 9. The maximum atomic E-state index is 13.4. The van der Waals surface area contributed by atoms with Gasteiger partial charge in [0.15, 0.2) is 0 Å². The van der Waals surface area contributed by atoms with E-state index in [-0.39, 0.29) is 10.6 Å². The number of anilines is 1. The number of ether oxygens (including phenoxy) is 1. The fourth-order valence-corrected chi connectivity index (χ4v) is 4.19. The van der Waals surface area contributed by atoms with Crippen molar-refractivity contribution in [3.05, 3.63) is 53.1 Å². The van der Waals surface area contributed by atoms with Gasteiger partial charge in [0.05, 0.1) is 17.7 Å². The molecular weight excluding hydrogens is 414 g/mol. The van der Waals surface area contributed by atoms with Gasteiger partial charge in [0.2, 0.25) is 5.91 Å². The van der Waals surface area contributed by atoms with Crippen molar-refractivity contribution in [2.75, 3.05) is 45.1 Å². The van der Waals surface area contributed by atoms with E-state index in [4.69, 9.17) is 16.3 Å². The number of sulfonamides is 1. The Bertz CT molecular complexity index is 947. The first-order valence-corrected chi connectivity index (χ1v) is 10.8. The monoisotopic (exact) mass is 439 g/mol. The zero-order valence-electron chi connectivity index (χ0n) is 17.0. The second-order valence-electron chi connectivity index (χ2n) is 6.79. The zero-order valence-corrected chi connectivity index (χ0v) is 18.5. The summed E-state index contributed by atoms with van der Waals surface area (Å²) in [6.07, 6.45) is 0. The molecule has 0 saturated heterocycles. The normalized spacial score (nSPS) is 11.4. The average molecular weight is 440 g/mol. The molecule has 0 radical (unpaired) electrons. The summed E-state index contributed by atoms with van der Waals surface area (Å²) in [5, 5.41) is 3.07. The van der Waals surface area contributed by atoms with E-state index in [1.165, 1.54) is 25.3 Å². The summed E-state index contributed by atoms with van der Waals surface area (Å²) in [6, 6.07) is 11.1. The van der Waals surface area contributed by atoms with Gasteiger partial charge in [0.25, 0.3) is 10.0 Å². The fraction of sp³-hybridized carbons (Fsp3) is 0.350. The van der Waals surface area contributed by atoms with Crippen LogP contribution in [0.1, 0.15) is 5.56 Å². The van der Waals surface area contributed by atoms with E-state index in [1.54, 1.807) is 24.3 Å². The largest absolute Gasteiger partial charge is 0.495 e. The molecule has 0 fully saturated rings. The summed E-state index contributed by atoms with van der Waals surface area (Å²) in [5.41, 5.74) is 1.13. The Morgan fingerprint density at radius 3 is 2.38 bits per heavy atom. The lowest BCUT2D eigenvalue weighted by atomic mass is 10.2. The van der Waals surface area contributed by atoms with Crippen molar-refractivity contribution in [1.29, 1.82) is 0 Å². The highest BCUT2D eigenvalue weighted by molar-refractivity contribution is 7.92. The molecule has 0 bridgehead atoms. The molecule has 0 aliphatic heterocycles. The van der Waals surface area contributed by atoms with Crippen molar-refractivity contribution in [2.24, 2.45) is 0 Å². The topological polar surface area (TPSA) is 79.0 Å². The van der Waals surface area contributed by atoms with Crippen LogP contribution in [-0.4, -0.2) is 60.1 Å². The lowest BCUT2D eigenvalue weighted by Gasteiger charge is -2.26. The smallest absolute Gasteiger partial charge is 0.264 e. The van der Waals surface area contributed by atoms with Crippen molar-refractivity contribution >= 4 is 33.2 Å². The van der Waals surface area contributed by atoms with E-state index in [0.717, 1.165) is 9.87 Å². The van der Waals surface area contributed by atoms with Crippen LogP contribution in [-0.2, 0) is 14.8 Å². The van der Waals surface area contributed by atoms with Crippen molar-refractivity contribution in [1.82, 2.24) is 10.2 Å². The van der Waals surface area contributed by atoms with Crippen molar-refractivity contribution in [3.8, 4) is 5.75 Å². The molecule has 2 aromatic carbocycles. The van der Waals surface area contributed by atoms with Crippen LogP contribution in [0.25, 0.3) is 0 Å². The summed E-state index contributed by atoms with van der Waals surface area (Å²) in [4.78, 5) is 14.5. The molecular formula is C20H26ClN3O4S. The number of halogens is 1. The van der Waals surface area contributed by atoms with Crippen LogP contribution in [0.2, 0.25) is 5.02 Å². The highest BCUT2D eigenvalue weighted by Crippen LogP contribution is 2.34. The number of hydrogen-bond donors (Lipinski definition) is 1. The highest BCUT2D eigenvalue weighted by atomic mass is 35.5. The van der Waals surface area contributed by atoms with Gasteiger partial charge < -0.3 is 15.0 Å². The molecule has 1 N–H and O–H groups in total. The maximum absolute atomic E-state index is 13.4. The summed E-state index contributed by atoms with van der Waals surface area (Å²) in [6.45, 7) is 2.50. The molecule has 7 nitrogen and oxygen atoms in total. The Labute approximate surface area is 177 Å². The lowest BCUT2D eigenvalue weighted by Crippen LogP contribution is -2.42. The first kappa shape index (κ1) is 23.0. The van der Waals surface area contributed by atoms with E-state index in [2.05, 4.69) is 5.32 Å². The molecule has 0 aliphatic carbocycles. The minimum Gasteiger partial charge on any atom is -0.495 e. The second-order valence-corrected chi connectivity index (χ2v) is 9.09. The fourth-order valence-electron chi connectivity index (χ4n) is 2.60. The first-order chi connectivity index (χ1) is 13.6. The lowest BCUT2D eigenvalue weighted by molar-refractivity contribution is -0.119. The van der Waals surface area contributed by atoms with Gasteiger partial charge in [-0.25, -0.2) is 8.42 Å². The quantitative estimate of drug-likeness (QED) is 0.649. The van der Waals surface area contributed by atoms with Gasteiger partial charge in [0.1, 0.15) is 12.3 Å². The van der Waals surface area contributed by atoms with Gasteiger partial charge in [-0.2, -0.15) is 0 Å². The van der Waals surface area contributed by atoms with Gasteiger partial charge in [-0.05, 0) is 51.4 Å². The molecule has 158 valence electrons. The van der Waals surface area contributed by atoms with Crippen LogP contribution < -0.4 is 14.4 Å². The third kappa shape index (κ3) is 6.09. The number of hydrogen-bond acceptors (Lipinski definition) is 5. The van der Waals surface area contributed by atoms with E-state index in [1.807, 2.05) is 25.9 Å². The van der Waals surface area contributed by atoms with Crippen LogP contribution in [0.4, 0.5) is 5.69 Å². The van der Waals surface area contributed by atoms with Crippen LogP contribution >= 0.6 is 11.6 Å². The molecule has 0 aliphatic rings. The van der Waals surface area contributed by atoms with Gasteiger partial charge in [-0.3, -0.25) is 9.10 Å². The van der Waals surface area contributed by atoms with E-state index < -0.39 is 22.5 Å². The Morgan fingerprint density at radius 1 is 1.14 bits per heavy atom. The minimum absolute atomic E-state index is 0.0752. The predicted molar refractivity (Wildman–Crippen MR) is 115 cm³/mol. The van der Waals surface area contributed by atoms with Crippen LogP contribution in [0.5, 0.6) is 5.75 Å². The van der Waals surface area contributed by atoms with Crippen LogP contribution in [0.15, 0.2) is 47.4 Å². The Balaban J connectivity index is 2.44. The second kappa shape index (κ2) is 9.96. The summed E-state index contributed by atoms with van der Waals surface area (Å²) >= 11 is 6.11. The van der Waals surface area contributed by atoms with Crippen molar-refractivity contribution in [2.45, 2.75) is 11.8 Å². The highest BCUT2D eigenvalue weighted by Gasteiger charge is 2.29. The first-order valence-electron chi connectivity index (χ1n) is 8.99. The predicted octanol–water partition coefficient (Wildman–Crippen LogP) is 2.53. The van der Waals surface area contributed by atoms with E-state index in [9.17, 15) is 13.2 Å². The van der Waals surface area contributed by atoms with Crippen molar-refractivity contribution < 1.29 is 17.9 Å². The molecule has 0 aromatic heterocycles. The van der Waals surface area contributed by atoms with E-state index >= 15 is 0 Å². The van der Waals surface area contributed by atoms with Gasteiger partial charge in [0, 0.05) is 18.1 Å². The number of aryl methyl sites for hydroxylation is 1.